The van der Waals surface area contributed by atoms with E-state index in [0.717, 1.165) is 18.1 Å². The second-order valence-electron chi connectivity index (χ2n) is 2.70. The lowest BCUT2D eigenvalue weighted by molar-refractivity contribution is -0.0527. The van der Waals surface area contributed by atoms with Crippen LogP contribution in [0.25, 0.3) is 0 Å². The molecule has 1 saturated heterocycles. The molecule has 58 valence electrons. The number of rotatable bonds is 1. The summed E-state index contributed by atoms with van der Waals surface area (Å²) in [5.41, 5.74) is 1.20. The Labute approximate surface area is 70.9 Å². The lowest BCUT2D eigenvalue weighted by atomic mass is 10.0. The highest BCUT2D eigenvalue weighted by molar-refractivity contribution is 6.30. The number of benzene rings is 1. The zero-order chi connectivity index (χ0) is 7.68. The van der Waals surface area contributed by atoms with Crippen LogP contribution in [-0.4, -0.2) is 6.61 Å². The monoisotopic (exact) mass is 168 g/mol. The van der Waals surface area contributed by atoms with E-state index < -0.39 is 0 Å². The van der Waals surface area contributed by atoms with E-state index in [0.29, 0.717) is 6.10 Å². The molecule has 0 spiro atoms. The van der Waals surface area contributed by atoms with Crippen LogP contribution in [0.2, 0.25) is 5.02 Å². The van der Waals surface area contributed by atoms with Crippen LogP contribution in [0.5, 0.6) is 0 Å². The van der Waals surface area contributed by atoms with E-state index in [1.807, 2.05) is 18.2 Å². The maximum atomic E-state index is 5.81. The fourth-order valence-electron chi connectivity index (χ4n) is 1.21. The number of hydrogen-bond donors (Lipinski definition) is 0. The Hall–Kier alpha value is -0.530. The van der Waals surface area contributed by atoms with Crippen molar-refractivity contribution in [3.63, 3.8) is 0 Å². The normalized spacial score (nSPS) is 22.8. The topological polar surface area (TPSA) is 9.23 Å². The molecule has 1 aromatic rings. The highest BCUT2D eigenvalue weighted by atomic mass is 35.5. The molecule has 1 nitrogen and oxygen atoms in total. The molecule has 0 aromatic heterocycles. The molecule has 0 bridgehead atoms. The summed E-state index contributed by atoms with van der Waals surface area (Å²) in [6.45, 7) is 0.886. The van der Waals surface area contributed by atoms with Gasteiger partial charge in [-0.2, -0.15) is 0 Å². The summed E-state index contributed by atoms with van der Waals surface area (Å²) < 4.78 is 5.31. The first kappa shape index (κ1) is 7.14. The van der Waals surface area contributed by atoms with Crippen molar-refractivity contribution < 1.29 is 4.74 Å². The van der Waals surface area contributed by atoms with Gasteiger partial charge in [0.15, 0.2) is 0 Å². The van der Waals surface area contributed by atoms with E-state index >= 15 is 0 Å². The zero-order valence-electron chi connectivity index (χ0n) is 6.09. The van der Waals surface area contributed by atoms with E-state index in [2.05, 4.69) is 6.07 Å². The summed E-state index contributed by atoms with van der Waals surface area (Å²) >= 11 is 5.81. The molecule has 2 rings (SSSR count). The van der Waals surface area contributed by atoms with Crippen LogP contribution in [0, 0.1) is 0 Å². The average molecular weight is 169 g/mol. The van der Waals surface area contributed by atoms with Crippen molar-refractivity contribution in [1.82, 2.24) is 0 Å². The van der Waals surface area contributed by atoms with Crippen LogP contribution in [0.3, 0.4) is 0 Å². The molecule has 0 amide bonds. The molecule has 0 radical (unpaired) electrons. The maximum absolute atomic E-state index is 5.81. The summed E-state index contributed by atoms with van der Waals surface area (Å²) in [5, 5.41) is 0.790. The van der Waals surface area contributed by atoms with Crippen LogP contribution >= 0.6 is 11.6 Å². The van der Waals surface area contributed by atoms with Crippen molar-refractivity contribution in [2.75, 3.05) is 6.61 Å². The van der Waals surface area contributed by atoms with Crippen LogP contribution in [0.4, 0.5) is 0 Å². The summed E-state index contributed by atoms with van der Waals surface area (Å²) in [6, 6.07) is 7.85. The van der Waals surface area contributed by atoms with Crippen molar-refractivity contribution >= 4 is 11.6 Å². The predicted molar refractivity (Wildman–Crippen MR) is 44.8 cm³/mol. The smallest absolute Gasteiger partial charge is 0.0847 e. The molecule has 1 fully saturated rings. The van der Waals surface area contributed by atoms with Crippen LogP contribution in [0.15, 0.2) is 24.3 Å². The molecule has 1 atom stereocenters. The Morgan fingerprint density at radius 2 is 2.27 bits per heavy atom. The largest absolute Gasteiger partial charge is 0.373 e. The second kappa shape index (κ2) is 2.84. The molecular formula is C9H9ClO. The third-order valence-electron chi connectivity index (χ3n) is 1.92. The zero-order valence-corrected chi connectivity index (χ0v) is 6.84. The van der Waals surface area contributed by atoms with Crippen molar-refractivity contribution in [2.45, 2.75) is 12.5 Å². The first-order chi connectivity index (χ1) is 5.36. The molecule has 1 heterocycles. The highest BCUT2D eigenvalue weighted by Gasteiger charge is 2.19. The number of ether oxygens (including phenoxy) is 1. The van der Waals surface area contributed by atoms with E-state index in [-0.39, 0.29) is 0 Å². The quantitative estimate of drug-likeness (QED) is 0.627. The Bertz CT molecular complexity index is 255. The summed E-state index contributed by atoms with van der Waals surface area (Å²) in [7, 11) is 0. The minimum Gasteiger partial charge on any atom is -0.373 e. The van der Waals surface area contributed by atoms with E-state index in [1.54, 1.807) is 0 Å². The molecular weight excluding hydrogens is 160 g/mol. The molecule has 0 unspecified atom stereocenters. The third kappa shape index (κ3) is 1.39. The summed E-state index contributed by atoms with van der Waals surface area (Å²) in [5.74, 6) is 0. The second-order valence-corrected chi connectivity index (χ2v) is 3.14. The fraction of sp³-hybridized carbons (Fsp3) is 0.333. The van der Waals surface area contributed by atoms with Gasteiger partial charge in [0.05, 0.1) is 12.7 Å². The van der Waals surface area contributed by atoms with Crippen molar-refractivity contribution in [3.8, 4) is 0 Å². The SMILES string of the molecule is Clc1cccc([C@@H]2CCO2)c1. The molecule has 0 N–H and O–H groups in total. The van der Waals surface area contributed by atoms with Crippen LogP contribution in [0.1, 0.15) is 18.1 Å². The minimum absolute atomic E-state index is 0.300. The van der Waals surface area contributed by atoms with Gasteiger partial charge >= 0.3 is 0 Å². The number of halogens is 1. The van der Waals surface area contributed by atoms with Gasteiger partial charge < -0.3 is 4.74 Å². The molecule has 11 heavy (non-hydrogen) atoms. The van der Waals surface area contributed by atoms with Gasteiger partial charge in [-0.05, 0) is 17.7 Å². The van der Waals surface area contributed by atoms with Gasteiger partial charge in [0.2, 0.25) is 0 Å². The minimum atomic E-state index is 0.300. The Morgan fingerprint density at radius 1 is 1.45 bits per heavy atom. The standard InChI is InChI=1S/C9H9ClO/c10-8-3-1-2-7(6-8)9-4-5-11-9/h1-3,6,9H,4-5H2/t9-/m0/s1. The average Bonchev–Trinajstić information content (AvgIpc) is 1.83. The summed E-state index contributed by atoms with van der Waals surface area (Å²) in [4.78, 5) is 0. The van der Waals surface area contributed by atoms with E-state index in [9.17, 15) is 0 Å². The first-order valence-corrected chi connectivity index (χ1v) is 4.11. The van der Waals surface area contributed by atoms with Crippen molar-refractivity contribution in [2.24, 2.45) is 0 Å². The van der Waals surface area contributed by atoms with E-state index in [4.69, 9.17) is 16.3 Å². The van der Waals surface area contributed by atoms with Gasteiger partial charge in [-0.25, -0.2) is 0 Å². The van der Waals surface area contributed by atoms with Crippen molar-refractivity contribution in [3.05, 3.63) is 34.9 Å². The fourth-order valence-corrected chi connectivity index (χ4v) is 1.40. The van der Waals surface area contributed by atoms with Gasteiger partial charge in [0.25, 0.3) is 0 Å². The Morgan fingerprint density at radius 3 is 2.82 bits per heavy atom. The van der Waals surface area contributed by atoms with Gasteiger partial charge in [0.1, 0.15) is 0 Å². The van der Waals surface area contributed by atoms with E-state index in [1.165, 1.54) is 5.56 Å². The highest BCUT2D eigenvalue weighted by Crippen LogP contribution is 2.30. The van der Waals surface area contributed by atoms with Crippen LogP contribution < -0.4 is 0 Å². The Kier molecular flexibility index (Phi) is 1.84. The van der Waals surface area contributed by atoms with Gasteiger partial charge in [0, 0.05) is 11.4 Å². The first-order valence-electron chi connectivity index (χ1n) is 3.73. The van der Waals surface area contributed by atoms with Crippen LogP contribution in [-0.2, 0) is 4.74 Å². The molecule has 1 aliphatic heterocycles. The lowest BCUT2D eigenvalue weighted by Gasteiger charge is -2.26. The van der Waals surface area contributed by atoms with Gasteiger partial charge in [-0.3, -0.25) is 0 Å². The lowest BCUT2D eigenvalue weighted by Crippen LogP contribution is -2.17. The molecule has 1 aromatic carbocycles. The predicted octanol–water partition coefficient (Wildman–Crippen LogP) is 2.80. The Balaban J connectivity index is 2.23. The summed E-state index contributed by atoms with van der Waals surface area (Å²) in [6.07, 6.45) is 1.43. The molecule has 1 aliphatic rings. The number of hydrogen-bond acceptors (Lipinski definition) is 1. The molecule has 0 aliphatic carbocycles. The van der Waals surface area contributed by atoms with Gasteiger partial charge in [-0.1, -0.05) is 23.7 Å². The van der Waals surface area contributed by atoms with Crippen molar-refractivity contribution in [1.29, 1.82) is 0 Å². The van der Waals surface area contributed by atoms with Gasteiger partial charge in [-0.15, -0.1) is 0 Å². The molecule has 2 heteroatoms. The molecule has 0 saturated carbocycles. The third-order valence-corrected chi connectivity index (χ3v) is 2.15. The maximum Gasteiger partial charge on any atom is 0.0847 e.